The number of aryl methyl sites for hydroxylation is 1. The van der Waals surface area contributed by atoms with Crippen molar-refractivity contribution in [3.8, 4) is 6.07 Å². The van der Waals surface area contributed by atoms with Crippen molar-refractivity contribution in [1.29, 1.82) is 5.26 Å². The minimum atomic E-state index is 0.292. The zero-order valence-corrected chi connectivity index (χ0v) is 8.53. The SMILES string of the molecule is Cc1cccc(C2CCC(C#N)C2)c1. The normalized spacial score (nSPS) is 26.0. The number of nitriles is 1. The van der Waals surface area contributed by atoms with Crippen molar-refractivity contribution < 1.29 is 0 Å². The van der Waals surface area contributed by atoms with Crippen LogP contribution in [0.3, 0.4) is 0 Å². The Labute approximate surface area is 85.4 Å². The summed E-state index contributed by atoms with van der Waals surface area (Å²) in [6.45, 7) is 2.13. The summed E-state index contributed by atoms with van der Waals surface area (Å²) in [6.07, 6.45) is 3.32. The standard InChI is InChI=1S/C13H15N/c1-10-3-2-4-12(7-10)13-6-5-11(8-13)9-14/h2-4,7,11,13H,5-6,8H2,1H3. The first kappa shape index (κ1) is 9.27. The second-order valence-electron chi connectivity index (χ2n) is 4.25. The van der Waals surface area contributed by atoms with E-state index in [2.05, 4.69) is 37.3 Å². The van der Waals surface area contributed by atoms with Crippen LogP contribution in [0.1, 0.15) is 36.3 Å². The van der Waals surface area contributed by atoms with Gasteiger partial charge in [-0.05, 0) is 37.7 Å². The average molecular weight is 185 g/mol. The fraction of sp³-hybridized carbons (Fsp3) is 0.462. The molecule has 1 aliphatic carbocycles. The van der Waals surface area contributed by atoms with Gasteiger partial charge in [0, 0.05) is 5.92 Å². The molecule has 1 fully saturated rings. The molecule has 0 heterocycles. The molecule has 0 amide bonds. The smallest absolute Gasteiger partial charge is 0.0656 e. The number of hydrogen-bond donors (Lipinski definition) is 0. The zero-order valence-electron chi connectivity index (χ0n) is 8.53. The van der Waals surface area contributed by atoms with Crippen LogP contribution in [0.2, 0.25) is 0 Å². The third-order valence-electron chi connectivity index (χ3n) is 3.13. The van der Waals surface area contributed by atoms with Crippen molar-refractivity contribution in [2.45, 2.75) is 32.1 Å². The van der Waals surface area contributed by atoms with E-state index in [1.165, 1.54) is 17.5 Å². The van der Waals surface area contributed by atoms with Crippen LogP contribution in [-0.2, 0) is 0 Å². The molecule has 0 saturated heterocycles. The summed E-state index contributed by atoms with van der Waals surface area (Å²) in [6, 6.07) is 11.1. The van der Waals surface area contributed by atoms with E-state index in [1.807, 2.05) is 0 Å². The Morgan fingerprint density at radius 1 is 1.36 bits per heavy atom. The molecular formula is C13H15N. The highest BCUT2D eigenvalue weighted by molar-refractivity contribution is 5.26. The summed E-state index contributed by atoms with van der Waals surface area (Å²) in [5.74, 6) is 0.917. The predicted octanol–water partition coefficient (Wildman–Crippen LogP) is 3.40. The monoisotopic (exact) mass is 185 g/mol. The van der Waals surface area contributed by atoms with Crippen LogP contribution in [0.25, 0.3) is 0 Å². The molecule has 72 valence electrons. The minimum Gasteiger partial charge on any atom is -0.198 e. The van der Waals surface area contributed by atoms with Crippen LogP contribution < -0.4 is 0 Å². The van der Waals surface area contributed by atoms with Gasteiger partial charge in [-0.15, -0.1) is 0 Å². The Morgan fingerprint density at radius 3 is 2.86 bits per heavy atom. The summed E-state index contributed by atoms with van der Waals surface area (Å²) < 4.78 is 0. The molecular weight excluding hydrogens is 170 g/mol. The maximum absolute atomic E-state index is 8.84. The van der Waals surface area contributed by atoms with E-state index in [4.69, 9.17) is 5.26 Å². The molecule has 1 saturated carbocycles. The molecule has 2 unspecified atom stereocenters. The molecule has 1 aliphatic rings. The van der Waals surface area contributed by atoms with E-state index < -0.39 is 0 Å². The fourth-order valence-corrected chi connectivity index (χ4v) is 2.33. The lowest BCUT2D eigenvalue weighted by Gasteiger charge is -2.09. The van der Waals surface area contributed by atoms with Crippen LogP contribution in [0.5, 0.6) is 0 Å². The molecule has 1 heteroatoms. The third kappa shape index (κ3) is 1.80. The molecule has 0 aromatic heterocycles. The molecule has 0 N–H and O–H groups in total. The first-order valence-corrected chi connectivity index (χ1v) is 5.26. The molecule has 2 rings (SSSR count). The number of benzene rings is 1. The summed E-state index contributed by atoms with van der Waals surface area (Å²) >= 11 is 0. The summed E-state index contributed by atoms with van der Waals surface area (Å²) in [4.78, 5) is 0. The van der Waals surface area contributed by atoms with Crippen molar-refractivity contribution in [3.63, 3.8) is 0 Å². The van der Waals surface area contributed by atoms with E-state index in [0.29, 0.717) is 11.8 Å². The first-order valence-electron chi connectivity index (χ1n) is 5.26. The van der Waals surface area contributed by atoms with Gasteiger partial charge in [-0.1, -0.05) is 29.8 Å². The zero-order chi connectivity index (χ0) is 9.97. The van der Waals surface area contributed by atoms with E-state index in [9.17, 15) is 0 Å². The second-order valence-corrected chi connectivity index (χ2v) is 4.25. The van der Waals surface area contributed by atoms with Crippen LogP contribution in [-0.4, -0.2) is 0 Å². The van der Waals surface area contributed by atoms with Crippen molar-refractivity contribution in [2.75, 3.05) is 0 Å². The van der Waals surface area contributed by atoms with Crippen molar-refractivity contribution >= 4 is 0 Å². The highest BCUT2D eigenvalue weighted by Gasteiger charge is 2.25. The second kappa shape index (κ2) is 3.84. The number of nitrogens with zero attached hydrogens (tertiary/aromatic N) is 1. The van der Waals surface area contributed by atoms with Gasteiger partial charge in [0.1, 0.15) is 0 Å². The molecule has 1 nitrogen and oxygen atoms in total. The maximum Gasteiger partial charge on any atom is 0.0656 e. The molecule has 1 aromatic carbocycles. The van der Waals surface area contributed by atoms with Crippen LogP contribution in [0.4, 0.5) is 0 Å². The van der Waals surface area contributed by atoms with Gasteiger partial charge in [0.15, 0.2) is 0 Å². The van der Waals surface area contributed by atoms with E-state index in [-0.39, 0.29) is 0 Å². The third-order valence-corrected chi connectivity index (χ3v) is 3.13. The van der Waals surface area contributed by atoms with Crippen LogP contribution in [0, 0.1) is 24.2 Å². The fourth-order valence-electron chi connectivity index (χ4n) is 2.33. The van der Waals surface area contributed by atoms with E-state index in [1.54, 1.807) is 0 Å². The summed E-state index contributed by atoms with van der Waals surface area (Å²) in [5, 5.41) is 8.84. The molecule has 14 heavy (non-hydrogen) atoms. The van der Waals surface area contributed by atoms with Gasteiger partial charge in [-0.25, -0.2) is 0 Å². The van der Waals surface area contributed by atoms with Gasteiger partial charge < -0.3 is 0 Å². The van der Waals surface area contributed by atoms with E-state index in [0.717, 1.165) is 12.8 Å². The number of hydrogen-bond acceptors (Lipinski definition) is 1. The largest absolute Gasteiger partial charge is 0.198 e. The van der Waals surface area contributed by atoms with Gasteiger partial charge in [-0.3, -0.25) is 0 Å². The Balaban J connectivity index is 2.14. The van der Waals surface area contributed by atoms with Crippen LogP contribution >= 0.6 is 0 Å². The van der Waals surface area contributed by atoms with Crippen LogP contribution in [0.15, 0.2) is 24.3 Å². The topological polar surface area (TPSA) is 23.8 Å². The van der Waals surface area contributed by atoms with Crippen molar-refractivity contribution in [2.24, 2.45) is 5.92 Å². The van der Waals surface area contributed by atoms with Gasteiger partial charge in [-0.2, -0.15) is 5.26 Å². The van der Waals surface area contributed by atoms with Gasteiger partial charge in [0.25, 0.3) is 0 Å². The number of rotatable bonds is 1. The molecule has 0 radical (unpaired) electrons. The highest BCUT2D eigenvalue weighted by atomic mass is 14.3. The lowest BCUT2D eigenvalue weighted by atomic mass is 9.95. The van der Waals surface area contributed by atoms with Gasteiger partial charge in [0.2, 0.25) is 0 Å². The Bertz CT molecular complexity index is 362. The Morgan fingerprint density at radius 2 is 2.21 bits per heavy atom. The minimum absolute atomic E-state index is 0.292. The Kier molecular flexibility index (Phi) is 2.54. The Hall–Kier alpha value is -1.29. The van der Waals surface area contributed by atoms with Gasteiger partial charge in [0.05, 0.1) is 6.07 Å². The van der Waals surface area contributed by atoms with E-state index >= 15 is 0 Å². The van der Waals surface area contributed by atoms with Crippen molar-refractivity contribution in [3.05, 3.63) is 35.4 Å². The predicted molar refractivity (Wildman–Crippen MR) is 56.9 cm³/mol. The lowest BCUT2D eigenvalue weighted by molar-refractivity contribution is 0.670. The lowest BCUT2D eigenvalue weighted by Crippen LogP contribution is -1.94. The average Bonchev–Trinajstić information content (AvgIpc) is 2.66. The highest BCUT2D eigenvalue weighted by Crippen LogP contribution is 2.37. The molecule has 0 spiro atoms. The molecule has 0 aliphatic heterocycles. The molecule has 0 bridgehead atoms. The quantitative estimate of drug-likeness (QED) is 0.657. The maximum atomic E-state index is 8.84. The molecule has 2 atom stereocenters. The van der Waals surface area contributed by atoms with Gasteiger partial charge >= 0.3 is 0 Å². The van der Waals surface area contributed by atoms with Crippen molar-refractivity contribution in [1.82, 2.24) is 0 Å². The summed E-state index contributed by atoms with van der Waals surface area (Å²) in [7, 11) is 0. The molecule has 1 aromatic rings. The first-order chi connectivity index (χ1) is 6.79. The summed E-state index contributed by atoms with van der Waals surface area (Å²) in [5.41, 5.74) is 2.74.